The molecule has 1 aliphatic rings. The van der Waals surface area contributed by atoms with Crippen molar-refractivity contribution in [2.24, 2.45) is 5.73 Å². The summed E-state index contributed by atoms with van der Waals surface area (Å²) >= 11 is 3.38. The molecule has 0 saturated carbocycles. The zero-order chi connectivity index (χ0) is 11.6. The fourth-order valence-corrected chi connectivity index (χ4v) is 2.26. The van der Waals surface area contributed by atoms with Gasteiger partial charge in [-0.2, -0.15) is 0 Å². The first-order valence-corrected chi connectivity index (χ1v) is 6.04. The first-order chi connectivity index (χ1) is 7.60. The molecule has 0 spiro atoms. The maximum atomic E-state index is 12.0. The molecule has 0 amide bonds. The highest BCUT2D eigenvalue weighted by Gasteiger charge is 2.37. The van der Waals surface area contributed by atoms with Crippen LogP contribution in [0.5, 0.6) is 0 Å². The normalized spacial score (nSPS) is 24.6. The molecule has 0 aliphatic carbocycles. The molecular formula is C12H14BrNO2. The van der Waals surface area contributed by atoms with E-state index in [0.29, 0.717) is 26.1 Å². The Labute approximate surface area is 103 Å². The summed E-state index contributed by atoms with van der Waals surface area (Å²) < 4.78 is 6.17. The smallest absolute Gasteiger partial charge is 0.159 e. The van der Waals surface area contributed by atoms with Crippen molar-refractivity contribution in [2.75, 3.05) is 13.2 Å². The summed E-state index contributed by atoms with van der Waals surface area (Å²) in [5.74, 6) is 0.0584. The van der Waals surface area contributed by atoms with Crippen LogP contribution >= 0.6 is 15.9 Å². The number of hydrogen-bond acceptors (Lipinski definition) is 3. The standard InChI is InChI=1S/C12H14BrNO2/c13-10-3-1-2-9(6-10)7-11(15)12(14)4-5-16-8-12/h1-3,6H,4-5,7-8,14H2. The highest BCUT2D eigenvalue weighted by atomic mass is 79.9. The van der Waals surface area contributed by atoms with Gasteiger partial charge in [-0.25, -0.2) is 0 Å². The molecule has 0 radical (unpaired) electrons. The third kappa shape index (κ3) is 2.51. The molecule has 16 heavy (non-hydrogen) atoms. The molecular weight excluding hydrogens is 270 g/mol. The van der Waals surface area contributed by atoms with Gasteiger partial charge in [0.1, 0.15) is 5.54 Å². The summed E-state index contributed by atoms with van der Waals surface area (Å²) in [6.07, 6.45) is 0.999. The average Bonchev–Trinajstić information content (AvgIpc) is 2.66. The molecule has 1 aliphatic heterocycles. The van der Waals surface area contributed by atoms with E-state index in [-0.39, 0.29) is 5.78 Å². The van der Waals surface area contributed by atoms with Gasteiger partial charge >= 0.3 is 0 Å². The van der Waals surface area contributed by atoms with Gasteiger partial charge in [0, 0.05) is 17.5 Å². The summed E-state index contributed by atoms with van der Waals surface area (Å²) in [5.41, 5.74) is 6.21. The highest BCUT2D eigenvalue weighted by molar-refractivity contribution is 9.10. The molecule has 2 N–H and O–H groups in total. The Morgan fingerprint density at radius 2 is 2.38 bits per heavy atom. The fourth-order valence-electron chi connectivity index (χ4n) is 1.81. The van der Waals surface area contributed by atoms with Crippen LogP contribution < -0.4 is 5.73 Å². The molecule has 1 atom stereocenters. The third-order valence-electron chi connectivity index (χ3n) is 2.86. The van der Waals surface area contributed by atoms with E-state index in [9.17, 15) is 4.79 Å². The molecule has 4 heteroatoms. The number of hydrogen-bond donors (Lipinski definition) is 1. The number of carbonyl (C=O) groups is 1. The monoisotopic (exact) mass is 283 g/mol. The summed E-state index contributed by atoms with van der Waals surface area (Å²) in [6.45, 7) is 0.931. The van der Waals surface area contributed by atoms with Crippen LogP contribution in [0.1, 0.15) is 12.0 Å². The highest BCUT2D eigenvalue weighted by Crippen LogP contribution is 2.20. The van der Waals surface area contributed by atoms with Gasteiger partial charge < -0.3 is 10.5 Å². The van der Waals surface area contributed by atoms with Crippen molar-refractivity contribution in [1.82, 2.24) is 0 Å². The minimum absolute atomic E-state index is 0.0584. The van der Waals surface area contributed by atoms with E-state index in [1.807, 2.05) is 24.3 Å². The van der Waals surface area contributed by atoms with Crippen LogP contribution in [0.3, 0.4) is 0 Å². The van der Waals surface area contributed by atoms with Crippen molar-refractivity contribution in [1.29, 1.82) is 0 Å². The quantitative estimate of drug-likeness (QED) is 0.918. The van der Waals surface area contributed by atoms with Gasteiger partial charge in [-0.05, 0) is 24.1 Å². The van der Waals surface area contributed by atoms with E-state index in [0.717, 1.165) is 10.0 Å². The molecule has 2 rings (SSSR count). The SMILES string of the molecule is NC1(C(=O)Cc2cccc(Br)c2)CCOC1. The van der Waals surface area contributed by atoms with Crippen LogP contribution in [0.4, 0.5) is 0 Å². The van der Waals surface area contributed by atoms with Gasteiger partial charge in [0.15, 0.2) is 5.78 Å². The number of carbonyl (C=O) groups excluding carboxylic acids is 1. The first-order valence-electron chi connectivity index (χ1n) is 5.24. The van der Waals surface area contributed by atoms with Gasteiger partial charge in [-0.15, -0.1) is 0 Å². The number of ether oxygens (including phenoxy) is 1. The Bertz CT molecular complexity index is 400. The van der Waals surface area contributed by atoms with Crippen molar-refractivity contribution in [3.63, 3.8) is 0 Å². The van der Waals surface area contributed by atoms with Crippen LogP contribution in [-0.4, -0.2) is 24.5 Å². The molecule has 1 fully saturated rings. The number of Topliss-reactive ketones (excluding diaryl/α,β-unsaturated/α-hetero) is 1. The van der Waals surface area contributed by atoms with Crippen molar-refractivity contribution in [3.05, 3.63) is 34.3 Å². The minimum Gasteiger partial charge on any atom is -0.379 e. The lowest BCUT2D eigenvalue weighted by molar-refractivity contribution is -0.123. The third-order valence-corrected chi connectivity index (χ3v) is 3.35. The number of rotatable bonds is 3. The Hall–Kier alpha value is -0.710. The van der Waals surface area contributed by atoms with E-state index in [2.05, 4.69) is 15.9 Å². The molecule has 1 unspecified atom stereocenters. The average molecular weight is 284 g/mol. The van der Waals surface area contributed by atoms with E-state index in [4.69, 9.17) is 10.5 Å². The Balaban J connectivity index is 2.07. The van der Waals surface area contributed by atoms with Crippen LogP contribution in [0.15, 0.2) is 28.7 Å². The van der Waals surface area contributed by atoms with Gasteiger partial charge in [0.2, 0.25) is 0 Å². The van der Waals surface area contributed by atoms with Crippen molar-refractivity contribution < 1.29 is 9.53 Å². The van der Waals surface area contributed by atoms with Crippen LogP contribution in [0, 0.1) is 0 Å². The molecule has 1 saturated heterocycles. The van der Waals surface area contributed by atoms with E-state index in [1.165, 1.54) is 0 Å². The number of nitrogens with two attached hydrogens (primary N) is 1. The second-order valence-corrected chi connectivity index (χ2v) is 5.10. The predicted molar refractivity (Wildman–Crippen MR) is 65.2 cm³/mol. The lowest BCUT2D eigenvalue weighted by Crippen LogP contribution is -2.49. The van der Waals surface area contributed by atoms with Crippen molar-refractivity contribution in [2.45, 2.75) is 18.4 Å². The summed E-state index contributed by atoms with van der Waals surface area (Å²) in [7, 11) is 0. The summed E-state index contributed by atoms with van der Waals surface area (Å²) in [6, 6.07) is 7.73. The predicted octanol–water partition coefficient (Wildman–Crippen LogP) is 1.68. The topological polar surface area (TPSA) is 52.3 Å². The zero-order valence-electron chi connectivity index (χ0n) is 8.91. The summed E-state index contributed by atoms with van der Waals surface area (Å²) in [5, 5.41) is 0. The molecule has 1 aromatic carbocycles. The lowest BCUT2D eigenvalue weighted by atomic mass is 9.90. The zero-order valence-corrected chi connectivity index (χ0v) is 10.5. The summed E-state index contributed by atoms with van der Waals surface area (Å²) in [4.78, 5) is 12.0. The number of halogens is 1. The second-order valence-electron chi connectivity index (χ2n) is 4.19. The maximum Gasteiger partial charge on any atom is 0.159 e. The largest absolute Gasteiger partial charge is 0.379 e. The number of ketones is 1. The molecule has 86 valence electrons. The van der Waals surface area contributed by atoms with Crippen LogP contribution in [0.2, 0.25) is 0 Å². The van der Waals surface area contributed by atoms with Gasteiger partial charge in [0.05, 0.1) is 6.61 Å². The lowest BCUT2D eigenvalue weighted by Gasteiger charge is -2.19. The van der Waals surface area contributed by atoms with Crippen molar-refractivity contribution >= 4 is 21.7 Å². The van der Waals surface area contributed by atoms with Gasteiger partial charge in [-0.3, -0.25) is 4.79 Å². The Morgan fingerprint density at radius 3 is 3.00 bits per heavy atom. The van der Waals surface area contributed by atoms with E-state index in [1.54, 1.807) is 0 Å². The number of benzene rings is 1. The molecule has 0 aromatic heterocycles. The maximum absolute atomic E-state index is 12.0. The first kappa shape index (κ1) is 11.8. The molecule has 0 bridgehead atoms. The van der Waals surface area contributed by atoms with Crippen LogP contribution in [0.25, 0.3) is 0 Å². The van der Waals surface area contributed by atoms with Crippen molar-refractivity contribution in [3.8, 4) is 0 Å². The molecule has 1 aromatic rings. The Kier molecular flexibility index (Phi) is 3.42. The molecule has 3 nitrogen and oxygen atoms in total. The second kappa shape index (κ2) is 4.65. The van der Waals surface area contributed by atoms with Gasteiger partial charge in [0.25, 0.3) is 0 Å². The fraction of sp³-hybridized carbons (Fsp3) is 0.417. The molecule has 1 heterocycles. The minimum atomic E-state index is -0.775. The van der Waals surface area contributed by atoms with E-state index < -0.39 is 5.54 Å². The van der Waals surface area contributed by atoms with Crippen LogP contribution in [-0.2, 0) is 16.0 Å². The Morgan fingerprint density at radius 1 is 1.56 bits per heavy atom. The van der Waals surface area contributed by atoms with Gasteiger partial charge in [-0.1, -0.05) is 28.1 Å². The van der Waals surface area contributed by atoms with E-state index >= 15 is 0 Å².